The maximum absolute atomic E-state index is 9.67. The molecule has 0 unspecified atom stereocenters. The van der Waals surface area contributed by atoms with Gasteiger partial charge in [0.2, 0.25) is 0 Å². The number of rotatable bonds is 3. The highest BCUT2D eigenvalue weighted by molar-refractivity contribution is 6.22. The Bertz CT molecular complexity index is 4330. The first-order valence-electron chi connectivity index (χ1n) is 27.9. The van der Waals surface area contributed by atoms with Crippen LogP contribution in [0, 0.1) is 0 Å². The van der Waals surface area contributed by atoms with Gasteiger partial charge in [0.25, 0.3) is 0 Å². The van der Waals surface area contributed by atoms with Gasteiger partial charge in [-0.15, -0.1) is 0 Å². The average Bonchev–Trinajstić information content (AvgIpc) is 3.79. The largest absolute Gasteiger partial charge is 0.456 e. The fraction of sp³-hybridized carbons (Fsp3) is 0. The maximum atomic E-state index is 9.67. The highest BCUT2D eigenvalue weighted by Crippen LogP contribution is 2.45. The first-order valence-corrected chi connectivity index (χ1v) is 13.9. The third-order valence-corrected chi connectivity index (χ3v) is 7.70. The van der Waals surface area contributed by atoms with Crippen molar-refractivity contribution < 1.29 is 42.8 Å². The summed E-state index contributed by atoms with van der Waals surface area (Å²) in [5.41, 5.74) is -5.79. The Balaban J connectivity index is 1.44. The van der Waals surface area contributed by atoms with Crippen molar-refractivity contribution in [3.63, 3.8) is 0 Å². The fourth-order valence-corrected chi connectivity index (χ4v) is 5.70. The zero-order valence-electron chi connectivity index (χ0n) is 51.4. The molecule has 0 amide bonds. The minimum Gasteiger partial charge on any atom is -0.456 e. The molecule has 1 nitrogen and oxygen atoms in total. The standard InChI is InChI=1S/C46H28O/c1-2-11-32-26-35(25-20-29(32)10-1)45-39-16-7-5-14-37(39)44(38-15-6-8-17-40(38)45)31-23-21-30(22-24-31)36-18-9-19-42-46(36)41-27-33-12-3-4-13-34(33)28-43(41)47-42/h1-28H/i1D,2D,3D,4D,5D,6D,7D,8D,9D,10D,11D,12D,13D,14D,15D,16D,17D,18D,19D,20D,21D,22D,23D,24D,25D,26D,27D,28D. The molecule has 0 aliphatic rings. The van der Waals surface area contributed by atoms with Crippen LogP contribution >= 0.6 is 0 Å². The molecule has 47 heavy (non-hydrogen) atoms. The maximum Gasteiger partial charge on any atom is 0.136 e. The number of fused-ring (bicyclic) bond motifs is 7. The van der Waals surface area contributed by atoms with E-state index in [-0.39, 0.29) is 0 Å². The van der Waals surface area contributed by atoms with Gasteiger partial charge in [-0.1, -0.05) is 145 Å². The van der Waals surface area contributed by atoms with E-state index in [9.17, 15) is 16.4 Å². The van der Waals surface area contributed by atoms with Crippen LogP contribution in [0.15, 0.2) is 174 Å². The molecule has 10 aromatic rings. The first kappa shape index (κ1) is 10.7. The van der Waals surface area contributed by atoms with E-state index >= 15 is 0 Å². The van der Waals surface area contributed by atoms with E-state index in [1.54, 1.807) is 0 Å². The van der Waals surface area contributed by atoms with Gasteiger partial charge in [0.05, 0.1) is 38.4 Å². The highest BCUT2D eigenvalue weighted by Gasteiger charge is 2.18. The summed E-state index contributed by atoms with van der Waals surface area (Å²) < 4.78 is 258. The van der Waals surface area contributed by atoms with Crippen molar-refractivity contribution in [3.05, 3.63) is 169 Å². The minimum atomic E-state index is -1.10. The molecule has 10 rings (SSSR count). The number of hydrogen-bond acceptors (Lipinski definition) is 1. The number of hydrogen-bond donors (Lipinski definition) is 0. The van der Waals surface area contributed by atoms with E-state index in [1.807, 2.05) is 0 Å². The molecule has 0 aliphatic carbocycles. The quantitative estimate of drug-likeness (QED) is 0.178. The van der Waals surface area contributed by atoms with Crippen LogP contribution in [-0.2, 0) is 0 Å². The van der Waals surface area contributed by atoms with Gasteiger partial charge in [0, 0.05) is 10.8 Å². The summed E-state index contributed by atoms with van der Waals surface area (Å²) in [4.78, 5) is 0. The molecule has 0 saturated carbocycles. The van der Waals surface area contributed by atoms with Gasteiger partial charge in [-0.25, -0.2) is 0 Å². The van der Waals surface area contributed by atoms with Gasteiger partial charge in [-0.2, -0.15) is 0 Å². The Morgan fingerprint density at radius 3 is 1.51 bits per heavy atom. The molecule has 0 radical (unpaired) electrons. The van der Waals surface area contributed by atoms with E-state index in [1.165, 1.54) is 0 Å². The van der Waals surface area contributed by atoms with E-state index < -0.39 is 268 Å². The van der Waals surface area contributed by atoms with Crippen LogP contribution < -0.4 is 0 Å². The Hall–Kier alpha value is -6.18. The van der Waals surface area contributed by atoms with Crippen LogP contribution in [-0.4, -0.2) is 0 Å². The third-order valence-electron chi connectivity index (χ3n) is 7.70. The Labute approximate surface area is 311 Å². The molecule has 1 heteroatoms. The summed E-state index contributed by atoms with van der Waals surface area (Å²) >= 11 is 0. The van der Waals surface area contributed by atoms with Crippen molar-refractivity contribution >= 4 is 65.0 Å². The van der Waals surface area contributed by atoms with Gasteiger partial charge in [-0.3, -0.25) is 0 Å². The van der Waals surface area contributed by atoms with Crippen molar-refractivity contribution in [1.29, 1.82) is 0 Å². The Morgan fingerprint density at radius 2 is 0.851 bits per heavy atom. The van der Waals surface area contributed by atoms with Crippen LogP contribution in [0.3, 0.4) is 0 Å². The molecular formula is C46H28O. The van der Waals surface area contributed by atoms with Crippen LogP contribution in [0.4, 0.5) is 0 Å². The van der Waals surface area contributed by atoms with Crippen LogP contribution in [0.25, 0.3) is 98.4 Å². The van der Waals surface area contributed by atoms with Crippen LogP contribution in [0.1, 0.15) is 38.4 Å². The second kappa shape index (κ2) is 10.2. The lowest BCUT2D eigenvalue weighted by Gasteiger charge is -2.18. The van der Waals surface area contributed by atoms with Crippen molar-refractivity contribution in [2.45, 2.75) is 0 Å². The lowest BCUT2D eigenvalue weighted by Crippen LogP contribution is -1.91. The SMILES string of the molecule is [2H]c1c([2H])c(-c2c([2H])c([2H])c([2H])c3oc4c([2H])c5c([2H])c([2H])c([2H])c([2H])c5c([2H])c4c23)c([2H])c([2H])c1-c1c2c([2H])c([2H])c([2H])c([2H])c2c(-c2c([2H])c([2H])c3c([2H])c([2H])c([2H])c([2H])c3c2[2H])c2c([2H])c([2H])c([2H])c([2H])c12. The third kappa shape index (κ3) is 4.03. The molecule has 0 atom stereocenters. The van der Waals surface area contributed by atoms with Crippen LogP contribution in [0.5, 0.6) is 0 Å². The average molecular weight is 625 g/mol. The van der Waals surface area contributed by atoms with Crippen molar-refractivity contribution in [1.82, 2.24) is 0 Å². The molecule has 218 valence electrons. The molecule has 0 N–H and O–H groups in total. The van der Waals surface area contributed by atoms with Gasteiger partial charge in [0.15, 0.2) is 0 Å². The topological polar surface area (TPSA) is 13.1 Å². The Morgan fingerprint density at radius 1 is 0.340 bits per heavy atom. The highest BCUT2D eigenvalue weighted by atomic mass is 16.3. The monoisotopic (exact) mass is 624 g/mol. The van der Waals surface area contributed by atoms with Crippen molar-refractivity contribution in [3.8, 4) is 33.4 Å². The van der Waals surface area contributed by atoms with E-state index in [4.69, 9.17) is 26.3 Å². The van der Waals surface area contributed by atoms with E-state index in [0.717, 1.165) is 0 Å². The smallest absolute Gasteiger partial charge is 0.136 e. The van der Waals surface area contributed by atoms with Gasteiger partial charge >= 0.3 is 0 Å². The molecule has 9 aromatic carbocycles. The normalized spacial score (nSPS) is 20.2. The number of furan rings is 1. The number of benzene rings is 9. The molecule has 0 bridgehead atoms. The Kier molecular flexibility index (Phi) is 2.31. The van der Waals surface area contributed by atoms with Gasteiger partial charge < -0.3 is 4.42 Å². The second-order valence-electron chi connectivity index (χ2n) is 10.3. The summed E-state index contributed by atoms with van der Waals surface area (Å²) in [6.07, 6.45) is 0. The molecular weight excluding hydrogens is 569 g/mol. The molecule has 1 aromatic heterocycles. The van der Waals surface area contributed by atoms with Crippen molar-refractivity contribution in [2.75, 3.05) is 0 Å². The van der Waals surface area contributed by atoms with Gasteiger partial charge in [0.1, 0.15) is 11.2 Å². The van der Waals surface area contributed by atoms with E-state index in [2.05, 4.69) is 0 Å². The summed E-state index contributed by atoms with van der Waals surface area (Å²) in [7, 11) is 0. The fourth-order valence-electron chi connectivity index (χ4n) is 5.70. The van der Waals surface area contributed by atoms with E-state index in [0.29, 0.717) is 0 Å². The minimum absolute atomic E-state index is 0.454. The summed E-state index contributed by atoms with van der Waals surface area (Å²) in [5.74, 6) is 0. The predicted octanol–water partition coefficient (Wildman–Crippen LogP) is 13.2. The zero-order chi connectivity index (χ0) is 55.3. The first-order chi connectivity index (χ1) is 35.0. The molecule has 0 saturated heterocycles. The lowest BCUT2D eigenvalue weighted by atomic mass is 9.85. The lowest BCUT2D eigenvalue weighted by molar-refractivity contribution is 0.669. The van der Waals surface area contributed by atoms with Crippen molar-refractivity contribution in [2.24, 2.45) is 0 Å². The molecule has 0 aliphatic heterocycles. The van der Waals surface area contributed by atoms with Gasteiger partial charge in [-0.05, 0) is 101 Å². The second-order valence-corrected chi connectivity index (χ2v) is 10.3. The molecule has 0 spiro atoms. The predicted molar refractivity (Wildman–Crippen MR) is 200 cm³/mol. The van der Waals surface area contributed by atoms with Crippen LogP contribution in [0.2, 0.25) is 0 Å². The zero-order valence-corrected chi connectivity index (χ0v) is 23.4. The molecule has 1 heterocycles. The molecule has 0 fully saturated rings. The summed E-state index contributed by atoms with van der Waals surface area (Å²) in [5, 5.41) is -6.09. The summed E-state index contributed by atoms with van der Waals surface area (Å²) in [6.45, 7) is 0. The summed E-state index contributed by atoms with van der Waals surface area (Å²) in [6, 6.07) is -25.5.